The molecule has 1 amide bonds. The number of hydrogen-bond acceptors (Lipinski definition) is 2. The average molecular weight is 247 g/mol. The van der Waals surface area contributed by atoms with Crippen LogP contribution in [0.1, 0.15) is 32.6 Å². The molecule has 1 fully saturated rings. The Bertz CT molecular complexity index is 426. The molecule has 0 saturated heterocycles. The average Bonchev–Trinajstić information content (AvgIpc) is 2.94. The zero-order valence-corrected chi connectivity index (χ0v) is 11.4. The molecule has 0 aromatic carbocycles. The van der Waals surface area contributed by atoms with E-state index in [1.54, 1.807) is 19.0 Å². The third kappa shape index (κ3) is 2.07. The molecule has 4 nitrogen and oxygen atoms in total. The Labute approximate surface area is 108 Å². The maximum absolute atomic E-state index is 12.2. The largest absolute Gasteiger partial charge is 0.343 e. The first-order valence-corrected chi connectivity index (χ1v) is 6.54. The van der Waals surface area contributed by atoms with Gasteiger partial charge in [0.25, 0.3) is 5.91 Å². The van der Waals surface area contributed by atoms with Crippen LogP contribution in [-0.2, 0) is 4.79 Å². The van der Waals surface area contributed by atoms with Crippen molar-refractivity contribution in [2.75, 3.05) is 14.1 Å². The first-order valence-electron chi connectivity index (χ1n) is 6.54. The van der Waals surface area contributed by atoms with Crippen LogP contribution in [0.15, 0.2) is 23.4 Å². The molecule has 0 aromatic heterocycles. The summed E-state index contributed by atoms with van der Waals surface area (Å²) in [5.41, 5.74) is 1.51. The van der Waals surface area contributed by atoms with Crippen LogP contribution in [0.25, 0.3) is 0 Å². The normalized spacial score (nSPS) is 22.8. The Hall–Kier alpha value is -1.58. The molecular weight excluding hydrogens is 226 g/mol. The van der Waals surface area contributed by atoms with Crippen molar-refractivity contribution >= 4 is 11.7 Å². The lowest BCUT2D eigenvalue weighted by atomic mass is 10.2. The molecule has 0 atom stereocenters. The van der Waals surface area contributed by atoms with Crippen LogP contribution in [0.4, 0.5) is 0 Å². The van der Waals surface area contributed by atoms with Crippen molar-refractivity contribution in [2.45, 2.75) is 38.6 Å². The predicted octanol–water partition coefficient (Wildman–Crippen LogP) is 2.14. The fraction of sp³-hybridized carbons (Fsp3) is 0.571. The number of likely N-dealkylation sites (N-methyl/N-ethyl adjacent to an activating group) is 1. The van der Waals surface area contributed by atoms with Gasteiger partial charge in [0.1, 0.15) is 11.5 Å². The Morgan fingerprint density at radius 2 is 2.06 bits per heavy atom. The van der Waals surface area contributed by atoms with Gasteiger partial charge in [-0.3, -0.25) is 10.2 Å². The molecule has 0 radical (unpaired) electrons. The maximum Gasteiger partial charge on any atom is 0.270 e. The number of amidine groups is 1. The summed E-state index contributed by atoms with van der Waals surface area (Å²) in [6.45, 7) is 1.91. The lowest BCUT2D eigenvalue weighted by Gasteiger charge is -2.29. The number of nitrogens with one attached hydrogen (secondary N) is 1. The molecule has 0 spiro atoms. The maximum atomic E-state index is 12.2. The van der Waals surface area contributed by atoms with Crippen LogP contribution in [0.3, 0.4) is 0 Å². The summed E-state index contributed by atoms with van der Waals surface area (Å²) < 4.78 is 0. The fourth-order valence-corrected chi connectivity index (χ4v) is 2.70. The van der Waals surface area contributed by atoms with Crippen molar-refractivity contribution in [3.8, 4) is 0 Å². The Balaban J connectivity index is 2.33. The Morgan fingerprint density at radius 1 is 1.44 bits per heavy atom. The molecule has 2 aliphatic rings. The van der Waals surface area contributed by atoms with Gasteiger partial charge in [-0.25, -0.2) is 0 Å². The van der Waals surface area contributed by atoms with Crippen molar-refractivity contribution in [1.29, 1.82) is 5.41 Å². The second-order valence-electron chi connectivity index (χ2n) is 5.13. The smallest absolute Gasteiger partial charge is 0.270 e. The molecule has 98 valence electrons. The van der Waals surface area contributed by atoms with E-state index >= 15 is 0 Å². The highest BCUT2D eigenvalue weighted by molar-refractivity contribution is 6.10. The molecule has 2 rings (SSSR count). The summed E-state index contributed by atoms with van der Waals surface area (Å²) in [6, 6.07) is 0.324. The van der Waals surface area contributed by atoms with Crippen LogP contribution >= 0.6 is 0 Å². The monoisotopic (exact) mass is 247 g/mol. The molecule has 1 heterocycles. The first-order chi connectivity index (χ1) is 8.56. The van der Waals surface area contributed by atoms with Crippen LogP contribution in [0.5, 0.6) is 0 Å². The number of carbonyl (C=O) groups excluding carboxylic acids is 1. The Morgan fingerprint density at radius 3 is 2.56 bits per heavy atom. The van der Waals surface area contributed by atoms with Crippen LogP contribution in [0.2, 0.25) is 0 Å². The lowest BCUT2D eigenvalue weighted by molar-refractivity contribution is -0.126. The third-order valence-corrected chi connectivity index (χ3v) is 3.69. The van der Waals surface area contributed by atoms with E-state index in [2.05, 4.69) is 0 Å². The second kappa shape index (κ2) is 4.96. The quantitative estimate of drug-likeness (QED) is 0.812. The van der Waals surface area contributed by atoms with Crippen LogP contribution in [0, 0.1) is 5.41 Å². The zero-order chi connectivity index (χ0) is 13.3. The molecule has 1 aliphatic heterocycles. The number of hydrogen-bond donors (Lipinski definition) is 1. The molecule has 0 unspecified atom stereocenters. The van der Waals surface area contributed by atoms with Gasteiger partial charge in [0.2, 0.25) is 0 Å². The molecule has 0 aromatic rings. The van der Waals surface area contributed by atoms with E-state index in [0.29, 0.717) is 17.6 Å². The van der Waals surface area contributed by atoms with Gasteiger partial charge in [-0.05, 0) is 25.8 Å². The molecule has 1 N–H and O–H groups in total. The zero-order valence-electron chi connectivity index (χ0n) is 11.4. The first kappa shape index (κ1) is 12.9. The molecule has 0 bridgehead atoms. The van der Waals surface area contributed by atoms with E-state index in [1.807, 2.05) is 24.0 Å². The summed E-state index contributed by atoms with van der Waals surface area (Å²) in [5, 5.41) is 8.23. The van der Waals surface area contributed by atoms with E-state index in [-0.39, 0.29) is 5.91 Å². The summed E-state index contributed by atoms with van der Waals surface area (Å²) in [5.74, 6) is 0.470. The van der Waals surface area contributed by atoms with E-state index in [1.165, 1.54) is 12.8 Å². The molecule has 4 heteroatoms. The summed E-state index contributed by atoms with van der Waals surface area (Å²) >= 11 is 0. The predicted molar refractivity (Wildman–Crippen MR) is 72.4 cm³/mol. The number of nitrogens with zero attached hydrogens (tertiary/aromatic N) is 2. The fourth-order valence-electron chi connectivity index (χ4n) is 2.70. The van der Waals surface area contributed by atoms with Crippen molar-refractivity contribution < 1.29 is 4.79 Å². The van der Waals surface area contributed by atoms with Gasteiger partial charge in [-0.15, -0.1) is 0 Å². The van der Waals surface area contributed by atoms with Crippen molar-refractivity contribution in [2.24, 2.45) is 0 Å². The van der Waals surface area contributed by atoms with Gasteiger partial charge in [0.05, 0.1) is 0 Å². The standard InChI is InChI=1S/C14H21N3O/c1-4-10-9-12(14(18)16(2)3)17(13(10)15)11-7-5-6-8-11/h4,9,11,15H,5-8H2,1-3H3/b10-4-,15-13?. The molecular formula is C14H21N3O. The number of carbonyl (C=O) groups is 1. The van der Waals surface area contributed by atoms with Gasteiger partial charge < -0.3 is 9.80 Å². The number of allylic oxidation sites excluding steroid dienone is 1. The van der Waals surface area contributed by atoms with E-state index in [0.717, 1.165) is 18.4 Å². The van der Waals surface area contributed by atoms with E-state index in [4.69, 9.17) is 5.41 Å². The summed E-state index contributed by atoms with van der Waals surface area (Å²) in [7, 11) is 3.51. The lowest BCUT2D eigenvalue weighted by Crippen LogP contribution is -2.40. The van der Waals surface area contributed by atoms with Crippen molar-refractivity contribution in [1.82, 2.24) is 9.80 Å². The number of amides is 1. The Kier molecular flexibility index (Phi) is 3.55. The summed E-state index contributed by atoms with van der Waals surface area (Å²) in [4.78, 5) is 15.7. The van der Waals surface area contributed by atoms with Gasteiger partial charge >= 0.3 is 0 Å². The molecule has 18 heavy (non-hydrogen) atoms. The topological polar surface area (TPSA) is 47.4 Å². The van der Waals surface area contributed by atoms with E-state index in [9.17, 15) is 4.79 Å². The van der Waals surface area contributed by atoms with Gasteiger partial charge in [-0.2, -0.15) is 0 Å². The van der Waals surface area contributed by atoms with E-state index < -0.39 is 0 Å². The second-order valence-corrected chi connectivity index (χ2v) is 5.13. The summed E-state index contributed by atoms with van der Waals surface area (Å²) in [6.07, 6.45) is 8.31. The van der Waals surface area contributed by atoms with Crippen LogP contribution < -0.4 is 0 Å². The van der Waals surface area contributed by atoms with Crippen LogP contribution in [-0.4, -0.2) is 41.7 Å². The highest BCUT2D eigenvalue weighted by atomic mass is 16.2. The highest BCUT2D eigenvalue weighted by Crippen LogP contribution is 2.32. The minimum Gasteiger partial charge on any atom is -0.343 e. The van der Waals surface area contributed by atoms with Crippen molar-refractivity contribution in [3.05, 3.63) is 23.4 Å². The number of rotatable bonds is 2. The van der Waals surface area contributed by atoms with Gasteiger partial charge in [0, 0.05) is 25.7 Å². The van der Waals surface area contributed by atoms with Gasteiger partial charge in [-0.1, -0.05) is 18.9 Å². The SMILES string of the molecule is C/C=C1/C=C(C(=O)N(C)C)N(C2CCCC2)C1=N. The third-order valence-electron chi connectivity index (χ3n) is 3.69. The van der Waals surface area contributed by atoms with Gasteiger partial charge in [0.15, 0.2) is 0 Å². The highest BCUT2D eigenvalue weighted by Gasteiger charge is 2.36. The molecule has 1 saturated carbocycles. The minimum atomic E-state index is -0.0106. The molecule has 1 aliphatic carbocycles. The minimum absolute atomic E-state index is 0.0106. The van der Waals surface area contributed by atoms with Crippen molar-refractivity contribution in [3.63, 3.8) is 0 Å².